The lowest BCUT2D eigenvalue weighted by atomic mass is 10.2. The SMILES string of the molecule is CC(C)NS(=O)(=O)N(C)C.COc1ccc(-c2nnn(C(C)C)n2)cc1Cl. The van der Waals surface area contributed by atoms with E-state index in [1.807, 2.05) is 19.9 Å². The van der Waals surface area contributed by atoms with E-state index < -0.39 is 10.2 Å². The van der Waals surface area contributed by atoms with Crippen LogP contribution in [0, 0.1) is 0 Å². The van der Waals surface area contributed by atoms with Crippen LogP contribution < -0.4 is 9.46 Å². The minimum absolute atomic E-state index is 0.0487. The van der Waals surface area contributed by atoms with Crippen LogP contribution in [0.2, 0.25) is 5.02 Å². The molecule has 0 aliphatic carbocycles. The molecular formula is C16H27ClN6O3S. The Balaban J connectivity index is 0.000000314. The van der Waals surface area contributed by atoms with Crippen molar-refractivity contribution in [1.29, 1.82) is 0 Å². The topological polar surface area (TPSA) is 102 Å². The van der Waals surface area contributed by atoms with Gasteiger partial charge in [0.25, 0.3) is 10.2 Å². The number of hydrogen-bond acceptors (Lipinski definition) is 6. The molecule has 11 heteroatoms. The van der Waals surface area contributed by atoms with Gasteiger partial charge >= 0.3 is 0 Å². The van der Waals surface area contributed by atoms with Crippen molar-refractivity contribution in [2.75, 3.05) is 21.2 Å². The molecule has 2 rings (SSSR count). The van der Waals surface area contributed by atoms with Crippen molar-refractivity contribution in [3.8, 4) is 17.1 Å². The van der Waals surface area contributed by atoms with Crippen molar-refractivity contribution < 1.29 is 13.2 Å². The standard InChI is InChI=1S/C11H13ClN4O.C5H14N2O2S/c1-7(2)16-14-11(13-15-16)8-4-5-10(17-3)9(12)6-8;1-5(2)6-10(8,9)7(3)4/h4-7H,1-3H3;5-6H,1-4H3. The summed E-state index contributed by atoms with van der Waals surface area (Å²) in [5.74, 6) is 1.19. The van der Waals surface area contributed by atoms with Gasteiger partial charge in [-0.15, -0.1) is 10.2 Å². The monoisotopic (exact) mass is 418 g/mol. The lowest BCUT2D eigenvalue weighted by Gasteiger charge is -2.14. The zero-order valence-corrected chi connectivity index (χ0v) is 18.2. The van der Waals surface area contributed by atoms with E-state index in [1.165, 1.54) is 14.1 Å². The molecule has 1 aromatic carbocycles. The molecule has 1 heterocycles. The highest BCUT2D eigenvalue weighted by Crippen LogP contribution is 2.28. The maximum atomic E-state index is 11.0. The number of aromatic nitrogens is 4. The van der Waals surface area contributed by atoms with Gasteiger partial charge in [0.15, 0.2) is 0 Å². The van der Waals surface area contributed by atoms with Crippen LogP contribution in [-0.2, 0) is 10.2 Å². The van der Waals surface area contributed by atoms with E-state index in [0.29, 0.717) is 16.6 Å². The molecule has 0 radical (unpaired) electrons. The van der Waals surface area contributed by atoms with E-state index in [-0.39, 0.29) is 12.1 Å². The number of hydrogen-bond donors (Lipinski definition) is 1. The van der Waals surface area contributed by atoms with Gasteiger partial charge in [0.1, 0.15) is 5.75 Å². The van der Waals surface area contributed by atoms with Gasteiger partial charge in [0.05, 0.1) is 18.2 Å². The molecule has 0 amide bonds. The predicted molar refractivity (Wildman–Crippen MR) is 106 cm³/mol. The van der Waals surface area contributed by atoms with Crippen molar-refractivity contribution in [3.05, 3.63) is 23.2 Å². The van der Waals surface area contributed by atoms with E-state index in [0.717, 1.165) is 9.87 Å². The Labute approximate surface area is 165 Å². The first kappa shape index (κ1) is 23.3. The normalized spacial score (nSPS) is 11.7. The number of benzene rings is 1. The van der Waals surface area contributed by atoms with Crippen LogP contribution in [0.25, 0.3) is 11.4 Å². The number of methoxy groups -OCH3 is 1. The summed E-state index contributed by atoms with van der Waals surface area (Å²) in [6, 6.07) is 5.54. The van der Waals surface area contributed by atoms with E-state index in [4.69, 9.17) is 16.3 Å². The van der Waals surface area contributed by atoms with Gasteiger partial charge in [-0.3, -0.25) is 0 Å². The molecule has 152 valence electrons. The Morgan fingerprint density at radius 1 is 1.22 bits per heavy atom. The molecule has 9 nitrogen and oxygen atoms in total. The minimum atomic E-state index is -3.21. The highest BCUT2D eigenvalue weighted by molar-refractivity contribution is 7.87. The van der Waals surface area contributed by atoms with Gasteiger partial charge < -0.3 is 4.74 Å². The Bertz CT molecular complexity index is 836. The third kappa shape index (κ3) is 7.06. The number of nitrogens with zero attached hydrogens (tertiary/aromatic N) is 5. The van der Waals surface area contributed by atoms with Crippen molar-refractivity contribution in [1.82, 2.24) is 29.2 Å². The summed E-state index contributed by atoms with van der Waals surface area (Å²) in [6.07, 6.45) is 0. The van der Waals surface area contributed by atoms with Crippen molar-refractivity contribution in [2.45, 2.75) is 39.8 Å². The third-order valence-corrected chi connectivity index (χ3v) is 5.19. The quantitative estimate of drug-likeness (QED) is 0.772. The van der Waals surface area contributed by atoms with Crippen LogP contribution in [-0.4, -0.2) is 60.2 Å². The first-order valence-corrected chi connectivity index (χ1v) is 10.1. The van der Waals surface area contributed by atoms with Gasteiger partial charge in [0.2, 0.25) is 5.82 Å². The molecule has 0 saturated heterocycles. The molecule has 0 fully saturated rings. The Morgan fingerprint density at radius 2 is 1.85 bits per heavy atom. The number of rotatable bonds is 6. The fraction of sp³-hybridized carbons (Fsp3) is 0.562. The number of ether oxygens (including phenoxy) is 1. The first-order valence-electron chi connectivity index (χ1n) is 8.31. The molecule has 2 aromatic rings. The Hall–Kier alpha value is -1.75. The zero-order chi connectivity index (χ0) is 20.8. The van der Waals surface area contributed by atoms with Crippen molar-refractivity contribution in [3.63, 3.8) is 0 Å². The van der Waals surface area contributed by atoms with Gasteiger partial charge in [-0.2, -0.15) is 22.2 Å². The molecule has 1 N–H and O–H groups in total. The highest BCUT2D eigenvalue weighted by atomic mass is 35.5. The van der Waals surface area contributed by atoms with Gasteiger partial charge in [-0.05, 0) is 51.1 Å². The number of halogens is 1. The smallest absolute Gasteiger partial charge is 0.279 e. The number of nitrogens with one attached hydrogen (secondary N) is 1. The second-order valence-electron chi connectivity index (χ2n) is 6.44. The van der Waals surface area contributed by atoms with Gasteiger partial charge in [-0.25, -0.2) is 0 Å². The lowest BCUT2D eigenvalue weighted by molar-refractivity contribution is 0.415. The van der Waals surface area contributed by atoms with Crippen molar-refractivity contribution >= 4 is 21.8 Å². The second kappa shape index (κ2) is 9.98. The molecule has 0 bridgehead atoms. The second-order valence-corrected chi connectivity index (χ2v) is 8.76. The zero-order valence-electron chi connectivity index (χ0n) is 16.6. The van der Waals surface area contributed by atoms with E-state index >= 15 is 0 Å². The predicted octanol–water partition coefficient (Wildman–Crippen LogP) is 2.37. The average Bonchev–Trinajstić information content (AvgIpc) is 3.04. The molecular weight excluding hydrogens is 392 g/mol. The lowest BCUT2D eigenvalue weighted by Crippen LogP contribution is -2.39. The van der Waals surface area contributed by atoms with E-state index in [9.17, 15) is 8.42 Å². The minimum Gasteiger partial charge on any atom is -0.495 e. The third-order valence-electron chi connectivity index (χ3n) is 3.17. The van der Waals surface area contributed by atoms with Crippen LogP contribution in [0.5, 0.6) is 5.75 Å². The summed E-state index contributed by atoms with van der Waals surface area (Å²) in [4.78, 5) is 1.56. The summed E-state index contributed by atoms with van der Waals surface area (Å²) in [6.45, 7) is 7.54. The fourth-order valence-corrected chi connectivity index (χ4v) is 2.83. The van der Waals surface area contributed by atoms with E-state index in [1.54, 1.807) is 37.9 Å². The molecule has 0 spiro atoms. The van der Waals surface area contributed by atoms with Crippen LogP contribution in [0.3, 0.4) is 0 Å². The first-order chi connectivity index (χ1) is 12.5. The Kier molecular flexibility index (Phi) is 8.60. The molecule has 27 heavy (non-hydrogen) atoms. The van der Waals surface area contributed by atoms with Crippen LogP contribution in [0.1, 0.15) is 33.7 Å². The van der Waals surface area contributed by atoms with Gasteiger partial charge in [-0.1, -0.05) is 11.6 Å². The summed E-state index contributed by atoms with van der Waals surface area (Å²) in [5.41, 5.74) is 0.822. The molecule has 0 saturated carbocycles. The van der Waals surface area contributed by atoms with E-state index in [2.05, 4.69) is 20.1 Å². The molecule has 1 aromatic heterocycles. The molecule has 0 unspecified atom stereocenters. The van der Waals surface area contributed by atoms with Crippen LogP contribution in [0.15, 0.2) is 18.2 Å². The van der Waals surface area contributed by atoms with Crippen LogP contribution >= 0.6 is 11.6 Å². The largest absolute Gasteiger partial charge is 0.495 e. The fourth-order valence-electron chi connectivity index (χ4n) is 1.77. The Morgan fingerprint density at radius 3 is 2.22 bits per heavy atom. The maximum absolute atomic E-state index is 11.0. The number of tetrazole rings is 1. The highest BCUT2D eigenvalue weighted by Gasteiger charge is 2.13. The maximum Gasteiger partial charge on any atom is 0.279 e. The summed E-state index contributed by atoms with van der Waals surface area (Å²) < 4.78 is 30.6. The van der Waals surface area contributed by atoms with Crippen LogP contribution in [0.4, 0.5) is 0 Å². The summed E-state index contributed by atoms with van der Waals surface area (Å²) >= 11 is 6.04. The summed E-state index contributed by atoms with van der Waals surface area (Å²) in [7, 11) is 1.35. The van der Waals surface area contributed by atoms with Crippen molar-refractivity contribution in [2.24, 2.45) is 0 Å². The molecule has 0 aliphatic rings. The average molecular weight is 419 g/mol. The molecule has 0 aliphatic heterocycles. The molecule has 0 atom stereocenters. The summed E-state index contributed by atoms with van der Waals surface area (Å²) in [5, 5.41) is 12.8. The van der Waals surface area contributed by atoms with Gasteiger partial charge in [0, 0.05) is 25.7 Å².